The number of benzene rings is 1. The third-order valence-electron chi connectivity index (χ3n) is 2.99. The van der Waals surface area contributed by atoms with E-state index in [1.807, 2.05) is 0 Å². The van der Waals surface area contributed by atoms with Gasteiger partial charge in [-0.2, -0.15) is 0 Å². The van der Waals surface area contributed by atoms with Crippen molar-refractivity contribution in [3.8, 4) is 5.75 Å². The molecular weight excluding hydrogens is 226 g/mol. The highest BCUT2D eigenvalue weighted by Gasteiger charge is 1.99. The molecule has 0 aliphatic heterocycles. The van der Waals surface area contributed by atoms with Crippen LogP contribution >= 0.6 is 0 Å². The first kappa shape index (κ1) is 15.0. The Morgan fingerprint density at radius 1 is 1.11 bits per heavy atom. The Kier molecular flexibility index (Phi) is 7.46. The molecule has 0 fully saturated rings. The first-order chi connectivity index (χ1) is 8.74. The van der Waals surface area contributed by atoms with Crippen LogP contribution in [-0.4, -0.2) is 31.4 Å². The molecule has 1 aromatic rings. The molecule has 0 unspecified atom stereocenters. The van der Waals surface area contributed by atoms with Crippen LogP contribution in [0.5, 0.6) is 5.75 Å². The molecule has 102 valence electrons. The molecule has 3 heteroatoms. The lowest BCUT2D eigenvalue weighted by atomic mass is 10.1. The summed E-state index contributed by atoms with van der Waals surface area (Å²) in [7, 11) is 0. The molecule has 0 aromatic heterocycles. The molecule has 0 aliphatic rings. The van der Waals surface area contributed by atoms with Crippen molar-refractivity contribution < 1.29 is 15.2 Å². The molecule has 18 heavy (non-hydrogen) atoms. The molecule has 1 rings (SSSR count). The van der Waals surface area contributed by atoms with Gasteiger partial charge in [0.1, 0.15) is 5.75 Å². The standard InChI is InChI=1S/C15H25NO2/c1-13-6-7-14(2)15(12-13)18-11-5-3-4-8-16-9-10-17/h6-7,12,16-17H,3-5,8-11H2,1-2H3/p+1. The molecule has 0 heterocycles. The smallest absolute Gasteiger partial charge is 0.122 e. The van der Waals surface area contributed by atoms with Gasteiger partial charge in [0.2, 0.25) is 0 Å². The van der Waals surface area contributed by atoms with Crippen LogP contribution in [0.2, 0.25) is 0 Å². The largest absolute Gasteiger partial charge is 0.493 e. The number of aliphatic hydroxyl groups is 1. The van der Waals surface area contributed by atoms with Crippen molar-refractivity contribution in [2.75, 3.05) is 26.3 Å². The van der Waals surface area contributed by atoms with Crippen LogP contribution in [0.1, 0.15) is 30.4 Å². The summed E-state index contributed by atoms with van der Waals surface area (Å²) in [5.41, 5.74) is 2.45. The molecule has 0 radical (unpaired) electrons. The summed E-state index contributed by atoms with van der Waals surface area (Å²) >= 11 is 0. The zero-order chi connectivity index (χ0) is 13.2. The third kappa shape index (κ3) is 6.03. The predicted octanol–water partition coefficient (Wildman–Crippen LogP) is 1.41. The van der Waals surface area contributed by atoms with E-state index in [0.29, 0.717) is 0 Å². The molecular formula is C15H26NO2+. The molecule has 1 aromatic carbocycles. The van der Waals surface area contributed by atoms with Crippen molar-refractivity contribution >= 4 is 0 Å². The van der Waals surface area contributed by atoms with Gasteiger partial charge in [0, 0.05) is 0 Å². The minimum absolute atomic E-state index is 0.274. The van der Waals surface area contributed by atoms with Crippen LogP contribution in [0, 0.1) is 13.8 Å². The van der Waals surface area contributed by atoms with Crippen LogP contribution in [0.25, 0.3) is 0 Å². The van der Waals surface area contributed by atoms with Crippen molar-refractivity contribution in [1.82, 2.24) is 0 Å². The van der Waals surface area contributed by atoms with Crippen molar-refractivity contribution in [2.45, 2.75) is 33.1 Å². The first-order valence-corrected chi connectivity index (χ1v) is 6.86. The van der Waals surface area contributed by atoms with Crippen molar-refractivity contribution in [1.29, 1.82) is 0 Å². The molecule has 3 N–H and O–H groups in total. The number of hydrogen-bond acceptors (Lipinski definition) is 2. The molecule has 0 saturated heterocycles. The van der Waals surface area contributed by atoms with Gasteiger partial charge >= 0.3 is 0 Å². The second-order valence-electron chi connectivity index (χ2n) is 4.77. The Morgan fingerprint density at radius 2 is 1.94 bits per heavy atom. The normalized spacial score (nSPS) is 10.6. The van der Waals surface area contributed by atoms with Crippen LogP contribution in [0.3, 0.4) is 0 Å². The van der Waals surface area contributed by atoms with Crippen LogP contribution in [0.4, 0.5) is 0 Å². The lowest BCUT2D eigenvalue weighted by Gasteiger charge is -2.09. The summed E-state index contributed by atoms with van der Waals surface area (Å²) in [4.78, 5) is 0. The van der Waals surface area contributed by atoms with Crippen molar-refractivity contribution in [3.05, 3.63) is 29.3 Å². The number of unbranched alkanes of at least 4 members (excludes halogenated alkanes) is 2. The third-order valence-corrected chi connectivity index (χ3v) is 2.99. The highest BCUT2D eigenvalue weighted by molar-refractivity contribution is 5.35. The fourth-order valence-electron chi connectivity index (χ4n) is 1.85. The van der Waals surface area contributed by atoms with Gasteiger partial charge in [0.05, 0.1) is 26.3 Å². The second-order valence-corrected chi connectivity index (χ2v) is 4.77. The van der Waals surface area contributed by atoms with Gasteiger partial charge in [0.15, 0.2) is 0 Å². The van der Waals surface area contributed by atoms with Crippen molar-refractivity contribution in [3.63, 3.8) is 0 Å². The number of ether oxygens (including phenoxy) is 1. The molecule has 0 atom stereocenters. The van der Waals surface area contributed by atoms with Gasteiger partial charge in [-0.25, -0.2) is 0 Å². The molecule has 0 bridgehead atoms. The summed E-state index contributed by atoms with van der Waals surface area (Å²) in [5, 5.41) is 10.8. The van der Waals surface area contributed by atoms with Crippen LogP contribution < -0.4 is 10.1 Å². The first-order valence-electron chi connectivity index (χ1n) is 6.86. The average molecular weight is 252 g/mol. The number of nitrogens with two attached hydrogens (primary N) is 1. The SMILES string of the molecule is Cc1ccc(C)c(OCCCCC[NH2+]CCO)c1. The minimum Gasteiger partial charge on any atom is -0.493 e. The van der Waals surface area contributed by atoms with Gasteiger partial charge < -0.3 is 15.2 Å². The van der Waals surface area contributed by atoms with Gasteiger partial charge in [-0.3, -0.25) is 0 Å². The predicted molar refractivity (Wildman–Crippen MR) is 74.0 cm³/mol. The maximum Gasteiger partial charge on any atom is 0.122 e. The van der Waals surface area contributed by atoms with Gasteiger partial charge in [0.25, 0.3) is 0 Å². The van der Waals surface area contributed by atoms with E-state index in [9.17, 15) is 0 Å². The maximum atomic E-state index is 8.63. The molecule has 0 spiro atoms. The zero-order valence-electron chi connectivity index (χ0n) is 11.6. The Morgan fingerprint density at radius 3 is 2.72 bits per heavy atom. The highest BCUT2D eigenvalue weighted by atomic mass is 16.5. The highest BCUT2D eigenvalue weighted by Crippen LogP contribution is 2.19. The van der Waals surface area contributed by atoms with E-state index in [1.165, 1.54) is 24.0 Å². The van der Waals surface area contributed by atoms with Crippen LogP contribution in [-0.2, 0) is 0 Å². The van der Waals surface area contributed by atoms with Crippen molar-refractivity contribution in [2.24, 2.45) is 0 Å². The summed E-state index contributed by atoms with van der Waals surface area (Å²) in [6.45, 7) is 7.16. The number of aliphatic hydroxyl groups excluding tert-OH is 1. The monoisotopic (exact) mass is 252 g/mol. The zero-order valence-corrected chi connectivity index (χ0v) is 11.6. The number of aryl methyl sites for hydroxylation is 2. The maximum absolute atomic E-state index is 8.63. The molecule has 0 saturated carbocycles. The summed E-state index contributed by atoms with van der Waals surface area (Å²) in [6.07, 6.45) is 3.48. The quantitative estimate of drug-likeness (QED) is 0.653. The van der Waals surface area contributed by atoms with Crippen LogP contribution in [0.15, 0.2) is 18.2 Å². The van der Waals surface area contributed by atoms with Gasteiger partial charge in [-0.15, -0.1) is 0 Å². The summed E-state index contributed by atoms with van der Waals surface area (Å²) in [5.74, 6) is 1.02. The molecule has 3 nitrogen and oxygen atoms in total. The Balaban J connectivity index is 2.09. The molecule has 0 aliphatic carbocycles. The van der Waals surface area contributed by atoms with E-state index in [4.69, 9.17) is 9.84 Å². The number of rotatable bonds is 9. The van der Waals surface area contributed by atoms with Gasteiger partial charge in [-0.1, -0.05) is 12.1 Å². The Bertz CT molecular complexity index is 339. The fourth-order valence-corrected chi connectivity index (χ4v) is 1.85. The number of hydrogen-bond donors (Lipinski definition) is 2. The minimum atomic E-state index is 0.274. The number of quaternary nitrogens is 1. The Hall–Kier alpha value is -1.06. The van der Waals surface area contributed by atoms with E-state index < -0.39 is 0 Å². The lowest BCUT2D eigenvalue weighted by Crippen LogP contribution is -2.85. The van der Waals surface area contributed by atoms with E-state index >= 15 is 0 Å². The topological polar surface area (TPSA) is 46.1 Å². The van der Waals surface area contributed by atoms with E-state index in [1.54, 1.807) is 0 Å². The van der Waals surface area contributed by atoms with E-state index in [-0.39, 0.29) is 6.61 Å². The van der Waals surface area contributed by atoms with E-state index in [2.05, 4.69) is 37.4 Å². The lowest BCUT2D eigenvalue weighted by molar-refractivity contribution is -0.656. The second kappa shape index (κ2) is 8.95. The summed E-state index contributed by atoms with van der Waals surface area (Å²) in [6, 6.07) is 6.32. The van der Waals surface area contributed by atoms with Gasteiger partial charge in [-0.05, 0) is 50.3 Å². The summed E-state index contributed by atoms with van der Waals surface area (Å²) < 4.78 is 5.80. The average Bonchev–Trinajstić information content (AvgIpc) is 2.36. The Labute approximate surface area is 110 Å². The van der Waals surface area contributed by atoms with E-state index in [0.717, 1.165) is 31.9 Å². The fraction of sp³-hybridized carbons (Fsp3) is 0.600. The molecule has 0 amide bonds.